The maximum absolute atomic E-state index is 12.6. The zero-order valence-electron chi connectivity index (χ0n) is 15.5. The van der Waals surface area contributed by atoms with Gasteiger partial charge in [0.1, 0.15) is 0 Å². The summed E-state index contributed by atoms with van der Waals surface area (Å²) < 4.78 is 0. The Hall–Kier alpha value is -1.55. The first kappa shape index (κ1) is 17.3. The summed E-state index contributed by atoms with van der Waals surface area (Å²) in [6, 6.07) is 9.07. The minimum atomic E-state index is 0.0774. The molecule has 2 atom stereocenters. The lowest BCUT2D eigenvalue weighted by Crippen LogP contribution is -2.53. The second-order valence-corrected chi connectivity index (χ2v) is 8.30. The predicted octanol–water partition coefficient (Wildman–Crippen LogP) is 2.77. The molecular formula is C20H31N3O. The van der Waals surface area contributed by atoms with Crippen LogP contribution < -0.4 is 5.32 Å². The highest BCUT2D eigenvalue weighted by atomic mass is 16.2. The number of rotatable bonds is 3. The Kier molecular flexibility index (Phi) is 4.86. The average Bonchev–Trinajstić information content (AvgIpc) is 2.88. The molecule has 1 saturated heterocycles. The van der Waals surface area contributed by atoms with E-state index in [-0.39, 0.29) is 11.4 Å². The number of carbonyl (C=O) groups is 1. The summed E-state index contributed by atoms with van der Waals surface area (Å²) in [5.41, 5.74) is 3.01. The van der Waals surface area contributed by atoms with E-state index < -0.39 is 0 Å². The normalized spacial score (nSPS) is 26.0. The molecule has 2 aliphatic rings. The lowest BCUT2D eigenvalue weighted by atomic mass is 9.87. The van der Waals surface area contributed by atoms with Crippen LogP contribution in [0.1, 0.15) is 31.4 Å². The second kappa shape index (κ2) is 6.75. The molecule has 2 unspecified atom stereocenters. The Balaban J connectivity index is 1.54. The highest BCUT2D eigenvalue weighted by Gasteiger charge is 2.34. The number of likely N-dealkylation sites (tertiary alicyclic amines) is 1. The Labute approximate surface area is 146 Å². The Morgan fingerprint density at radius 1 is 1.33 bits per heavy atom. The van der Waals surface area contributed by atoms with Crippen LogP contribution in [0.4, 0.5) is 4.79 Å². The topological polar surface area (TPSA) is 35.6 Å². The number of piperidine rings is 1. The van der Waals surface area contributed by atoms with Gasteiger partial charge in [-0.05, 0) is 55.3 Å². The van der Waals surface area contributed by atoms with Gasteiger partial charge in [-0.3, -0.25) is 0 Å². The van der Waals surface area contributed by atoms with E-state index in [2.05, 4.69) is 55.4 Å². The lowest BCUT2D eigenvalue weighted by molar-refractivity contribution is 0.106. The monoisotopic (exact) mass is 329 g/mol. The van der Waals surface area contributed by atoms with E-state index in [4.69, 9.17) is 0 Å². The summed E-state index contributed by atoms with van der Waals surface area (Å²) in [5, 5.41) is 3.20. The van der Waals surface area contributed by atoms with Crippen LogP contribution in [0.5, 0.6) is 0 Å². The van der Waals surface area contributed by atoms with Crippen LogP contribution in [0.3, 0.4) is 0 Å². The van der Waals surface area contributed by atoms with Gasteiger partial charge in [-0.1, -0.05) is 38.1 Å². The van der Waals surface area contributed by atoms with Gasteiger partial charge in [0.2, 0.25) is 0 Å². The molecule has 4 nitrogen and oxygen atoms in total. The first-order chi connectivity index (χ1) is 11.4. The number of amides is 2. The van der Waals surface area contributed by atoms with E-state index >= 15 is 0 Å². The van der Waals surface area contributed by atoms with Gasteiger partial charge in [-0.25, -0.2) is 4.79 Å². The first-order valence-electron chi connectivity index (χ1n) is 9.14. The lowest BCUT2D eigenvalue weighted by Gasteiger charge is -2.40. The van der Waals surface area contributed by atoms with Crippen LogP contribution in [0.15, 0.2) is 24.3 Å². The SMILES string of the molecule is CC1CN(C)CCC1N(C)C(=O)NCC1(C)Cc2ccccc2C1. The Morgan fingerprint density at radius 3 is 2.54 bits per heavy atom. The molecule has 1 aromatic carbocycles. The number of nitrogens with one attached hydrogen (secondary N) is 1. The van der Waals surface area contributed by atoms with Crippen LogP contribution in [0.2, 0.25) is 0 Å². The van der Waals surface area contributed by atoms with Gasteiger partial charge in [0.25, 0.3) is 0 Å². The Bertz CT molecular complexity index is 575. The molecule has 0 spiro atoms. The van der Waals surface area contributed by atoms with Crippen LogP contribution >= 0.6 is 0 Å². The van der Waals surface area contributed by atoms with Crippen molar-refractivity contribution in [3.05, 3.63) is 35.4 Å². The van der Waals surface area contributed by atoms with Gasteiger partial charge < -0.3 is 15.1 Å². The summed E-state index contributed by atoms with van der Waals surface area (Å²) in [6.07, 6.45) is 3.17. The molecular weight excluding hydrogens is 298 g/mol. The van der Waals surface area contributed by atoms with E-state index in [1.807, 2.05) is 11.9 Å². The summed E-state index contributed by atoms with van der Waals surface area (Å²) in [4.78, 5) is 16.9. The molecule has 2 amide bonds. The van der Waals surface area contributed by atoms with Crippen LogP contribution in [0.25, 0.3) is 0 Å². The molecule has 0 radical (unpaired) electrons. The van der Waals surface area contributed by atoms with Crippen molar-refractivity contribution in [1.29, 1.82) is 0 Å². The van der Waals surface area contributed by atoms with Crippen molar-refractivity contribution in [3.63, 3.8) is 0 Å². The van der Waals surface area contributed by atoms with E-state index in [1.54, 1.807) is 0 Å². The van der Waals surface area contributed by atoms with Crippen LogP contribution in [-0.4, -0.2) is 55.6 Å². The van der Waals surface area contributed by atoms with E-state index in [0.717, 1.165) is 38.9 Å². The first-order valence-corrected chi connectivity index (χ1v) is 9.14. The van der Waals surface area contributed by atoms with Crippen molar-refractivity contribution < 1.29 is 4.79 Å². The van der Waals surface area contributed by atoms with Gasteiger partial charge in [0.05, 0.1) is 0 Å². The van der Waals surface area contributed by atoms with Crippen LogP contribution in [0, 0.1) is 11.3 Å². The van der Waals surface area contributed by atoms with Crippen molar-refractivity contribution >= 4 is 6.03 Å². The fourth-order valence-electron chi connectivity index (χ4n) is 4.49. The fourth-order valence-corrected chi connectivity index (χ4v) is 4.49. The van der Waals surface area contributed by atoms with E-state index in [1.165, 1.54) is 11.1 Å². The van der Waals surface area contributed by atoms with Gasteiger partial charge >= 0.3 is 6.03 Å². The highest BCUT2D eigenvalue weighted by molar-refractivity contribution is 5.74. The maximum atomic E-state index is 12.6. The molecule has 1 fully saturated rings. The molecule has 1 N–H and O–H groups in total. The molecule has 1 aliphatic heterocycles. The third-order valence-corrected chi connectivity index (χ3v) is 5.90. The minimum Gasteiger partial charge on any atom is -0.337 e. The fraction of sp³-hybridized carbons (Fsp3) is 0.650. The smallest absolute Gasteiger partial charge is 0.317 e. The van der Waals surface area contributed by atoms with Gasteiger partial charge in [0.15, 0.2) is 0 Å². The van der Waals surface area contributed by atoms with Gasteiger partial charge in [-0.2, -0.15) is 0 Å². The number of nitrogens with zero attached hydrogens (tertiary/aromatic N) is 2. The number of urea groups is 1. The number of hydrogen-bond acceptors (Lipinski definition) is 2. The molecule has 1 aromatic rings. The molecule has 1 heterocycles. The standard InChI is InChI=1S/C20H31N3O/c1-15-13-22(3)10-9-18(15)23(4)19(24)21-14-20(2)11-16-7-5-6-8-17(16)12-20/h5-8,15,18H,9-14H2,1-4H3,(H,21,24). The zero-order chi connectivity index (χ0) is 17.3. The van der Waals surface area contributed by atoms with Crippen molar-refractivity contribution in [2.45, 2.75) is 39.2 Å². The van der Waals surface area contributed by atoms with Crippen molar-refractivity contribution in [1.82, 2.24) is 15.1 Å². The molecule has 0 aromatic heterocycles. The molecule has 132 valence electrons. The summed E-state index contributed by atoms with van der Waals surface area (Å²) >= 11 is 0. The quantitative estimate of drug-likeness (QED) is 0.925. The third-order valence-electron chi connectivity index (χ3n) is 5.90. The highest BCUT2D eigenvalue weighted by Crippen LogP contribution is 2.36. The second-order valence-electron chi connectivity index (χ2n) is 8.30. The van der Waals surface area contributed by atoms with E-state index in [9.17, 15) is 4.79 Å². The average molecular weight is 329 g/mol. The molecule has 24 heavy (non-hydrogen) atoms. The zero-order valence-corrected chi connectivity index (χ0v) is 15.5. The number of benzene rings is 1. The summed E-state index contributed by atoms with van der Waals surface area (Å²) in [7, 11) is 4.11. The number of carbonyl (C=O) groups excluding carboxylic acids is 1. The molecule has 1 aliphatic carbocycles. The molecule has 0 bridgehead atoms. The largest absolute Gasteiger partial charge is 0.337 e. The van der Waals surface area contributed by atoms with Gasteiger partial charge in [0, 0.05) is 26.2 Å². The predicted molar refractivity (Wildman–Crippen MR) is 98.2 cm³/mol. The summed E-state index contributed by atoms with van der Waals surface area (Å²) in [6.45, 7) is 7.41. The van der Waals surface area contributed by atoms with Crippen LogP contribution in [-0.2, 0) is 12.8 Å². The minimum absolute atomic E-state index is 0.0774. The Morgan fingerprint density at radius 2 is 1.96 bits per heavy atom. The van der Waals surface area contributed by atoms with Crippen molar-refractivity contribution in [3.8, 4) is 0 Å². The molecule has 3 rings (SSSR count). The van der Waals surface area contributed by atoms with E-state index in [0.29, 0.717) is 12.0 Å². The summed E-state index contributed by atoms with van der Waals surface area (Å²) in [5.74, 6) is 0.519. The number of fused-ring (bicyclic) bond motifs is 1. The maximum Gasteiger partial charge on any atom is 0.317 e. The molecule has 0 saturated carbocycles. The van der Waals surface area contributed by atoms with Gasteiger partial charge in [-0.15, -0.1) is 0 Å². The number of hydrogen-bond donors (Lipinski definition) is 1. The third kappa shape index (κ3) is 3.59. The van der Waals surface area contributed by atoms with Crippen molar-refractivity contribution in [2.24, 2.45) is 11.3 Å². The molecule has 4 heteroatoms. The van der Waals surface area contributed by atoms with Crippen molar-refractivity contribution in [2.75, 3.05) is 33.7 Å².